The van der Waals surface area contributed by atoms with Gasteiger partial charge in [0.05, 0.1) is 11.0 Å². The van der Waals surface area contributed by atoms with Crippen molar-refractivity contribution in [1.82, 2.24) is 0 Å². The average Bonchev–Trinajstić information content (AvgIpc) is 2.74. The molecule has 0 fully saturated rings. The minimum absolute atomic E-state index is 0.0209. The smallest absolute Gasteiger partial charge is 0.304 e. The van der Waals surface area contributed by atoms with Crippen molar-refractivity contribution in [3.8, 4) is 0 Å². The van der Waals surface area contributed by atoms with E-state index in [4.69, 9.17) is 5.11 Å². The maximum atomic E-state index is 11.1. The third-order valence-corrected chi connectivity index (χ3v) is 4.09. The Morgan fingerprint density at radius 2 is 2.11 bits per heavy atom. The maximum absolute atomic E-state index is 11.1. The van der Waals surface area contributed by atoms with Crippen molar-refractivity contribution in [2.24, 2.45) is 0 Å². The van der Waals surface area contributed by atoms with Crippen molar-refractivity contribution < 1.29 is 15.1 Å². The summed E-state index contributed by atoms with van der Waals surface area (Å²) in [6, 6.07) is 1.52. The van der Waals surface area contributed by atoms with Crippen LogP contribution in [0.25, 0.3) is 0 Å². The second kappa shape index (κ2) is 6.83. The molecule has 0 unspecified atom stereocenters. The average molecular weight is 288 g/mol. The van der Waals surface area contributed by atoms with E-state index in [1.807, 2.05) is 18.7 Å². The Labute approximate surface area is 116 Å². The monoisotopic (exact) mass is 288 g/mol. The van der Waals surface area contributed by atoms with E-state index in [-0.39, 0.29) is 18.3 Å². The lowest BCUT2D eigenvalue weighted by Crippen LogP contribution is -2.31. The van der Waals surface area contributed by atoms with Gasteiger partial charge < -0.3 is 15.1 Å². The van der Waals surface area contributed by atoms with E-state index < -0.39 is 11.0 Å². The first kappa shape index (κ1) is 15.9. The highest BCUT2D eigenvalue weighted by Crippen LogP contribution is 2.40. The Balaban J connectivity index is 3.16. The summed E-state index contributed by atoms with van der Waals surface area (Å²) in [5, 5.41) is 30.1. The molecule has 7 heteroatoms. The predicted octanol–water partition coefficient (Wildman–Crippen LogP) is 2.31. The molecule has 0 aliphatic rings. The maximum Gasteiger partial charge on any atom is 0.304 e. The summed E-state index contributed by atoms with van der Waals surface area (Å²) in [7, 11) is 0. The highest BCUT2D eigenvalue weighted by molar-refractivity contribution is 7.16. The molecule has 0 aromatic carbocycles. The normalized spacial score (nSPS) is 12.7. The quantitative estimate of drug-likeness (QED) is 0.594. The summed E-state index contributed by atoms with van der Waals surface area (Å²) in [6.07, 6.45) is -0.165. The lowest BCUT2D eigenvalue weighted by molar-refractivity contribution is -0.383. The zero-order valence-electron chi connectivity index (χ0n) is 11.4. The SMILES string of the molecule is CC(C)N(CCCO)c1sc([C@@H](C)O)cc1[N+](=O)[O-]. The van der Waals surface area contributed by atoms with Gasteiger partial charge in [-0.1, -0.05) is 0 Å². The number of aliphatic hydroxyl groups is 2. The first-order chi connectivity index (χ1) is 8.88. The summed E-state index contributed by atoms with van der Waals surface area (Å²) in [6.45, 7) is 6.08. The molecule has 19 heavy (non-hydrogen) atoms. The molecule has 0 amide bonds. The molecule has 0 bridgehead atoms. The minimum Gasteiger partial charge on any atom is -0.396 e. The Kier molecular flexibility index (Phi) is 5.71. The number of aliphatic hydroxyl groups excluding tert-OH is 2. The Hall–Kier alpha value is -1.18. The first-order valence-corrected chi connectivity index (χ1v) is 7.03. The van der Waals surface area contributed by atoms with Crippen LogP contribution in [0, 0.1) is 10.1 Å². The van der Waals surface area contributed by atoms with Gasteiger partial charge in [0.15, 0.2) is 5.00 Å². The molecule has 6 nitrogen and oxygen atoms in total. The molecular formula is C12H20N2O4S. The standard InChI is InChI=1S/C12H20N2O4S/c1-8(2)13(5-4-6-15)12-10(14(17)18)7-11(19-12)9(3)16/h7-9,15-16H,4-6H2,1-3H3/t9-/m1/s1. The van der Waals surface area contributed by atoms with Gasteiger partial charge in [-0.25, -0.2) is 0 Å². The lowest BCUT2D eigenvalue weighted by atomic mass is 10.2. The highest BCUT2D eigenvalue weighted by atomic mass is 32.1. The van der Waals surface area contributed by atoms with E-state index in [1.165, 1.54) is 17.4 Å². The molecule has 0 saturated heterocycles. The summed E-state index contributed by atoms with van der Waals surface area (Å²) >= 11 is 1.24. The number of hydrogen-bond donors (Lipinski definition) is 2. The van der Waals surface area contributed by atoms with Crippen LogP contribution in [0.5, 0.6) is 0 Å². The summed E-state index contributed by atoms with van der Waals surface area (Å²) in [4.78, 5) is 13.2. The largest absolute Gasteiger partial charge is 0.396 e. The number of thiophene rings is 1. The fraction of sp³-hybridized carbons (Fsp3) is 0.667. The number of anilines is 1. The summed E-state index contributed by atoms with van der Waals surface area (Å²) in [5.74, 6) is 0. The number of rotatable bonds is 7. The molecule has 1 atom stereocenters. The van der Waals surface area contributed by atoms with Crippen molar-refractivity contribution >= 4 is 22.0 Å². The molecule has 2 N–H and O–H groups in total. The van der Waals surface area contributed by atoms with Gasteiger partial charge in [-0.2, -0.15) is 0 Å². The van der Waals surface area contributed by atoms with Crippen molar-refractivity contribution in [2.75, 3.05) is 18.1 Å². The Morgan fingerprint density at radius 3 is 2.53 bits per heavy atom. The Morgan fingerprint density at radius 1 is 1.47 bits per heavy atom. The molecule has 1 rings (SSSR count). The second-order valence-electron chi connectivity index (χ2n) is 4.64. The molecule has 108 valence electrons. The van der Waals surface area contributed by atoms with Crippen LogP contribution in [-0.4, -0.2) is 34.3 Å². The van der Waals surface area contributed by atoms with E-state index in [2.05, 4.69) is 0 Å². The number of nitrogens with zero attached hydrogens (tertiary/aromatic N) is 2. The van der Waals surface area contributed by atoms with Gasteiger partial charge in [0.25, 0.3) is 0 Å². The molecule has 1 heterocycles. The van der Waals surface area contributed by atoms with Crippen molar-refractivity contribution in [3.63, 3.8) is 0 Å². The van der Waals surface area contributed by atoms with E-state index in [1.54, 1.807) is 6.92 Å². The fourth-order valence-electron chi connectivity index (χ4n) is 1.77. The molecule has 0 saturated carbocycles. The number of hydrogen-bond acceptors (Lipinski definition) is 6. The predicted molar refractivity (Wildman–Crippen MR) is 75.8 cm³/mol. The van der Waals surface area contributed by atoms with Crippen molar-refractivity contribution in [3.05, 3.63) is 21.1 Å². The molecule has 0 aliphatic heterocycles. The molecule has 0 spiro atoms. The van der Waals surface area contributed by atoms with Gasteiger partial charge in [0.2, 0.25) is 0 Å². The molecular weight excluding hydrogens is 268 g/mol. The minimum atomic E-state index is -0.718. The summed E-state index contributed by atoms with van der Waals surface area (Å²) in [5.41, 5.74) is 0.0209. The van der Waals surface area contributed by atoms with Crippen LogP contribution in [0.4, 0.5) is 10.7 Å². The fourth-order valence-corrected chi connectivity index (χ4v) is 2.99. The van der Waals surface area contributed by atoms with Crippen LogP contribution in [-0.2, 0) is 0 Å². The van der Waals surface area contributed by atoms with E-state index in [0.717, 1.165) is 0 Å². The topological polar surface area (TPSA) is 86.8 Å². The molecule has 1 aromatic heterocycles. The second-order valence-corrected chi connectivity index (χ2v) is 5.70. The van der Waals surface area contributed by atoms with Gasteiger partial charge in [-0.05, 0) is 27.2 Å². The van der Waals surface area contributed by atoms with E-state index in [0.29, 0.717) is 22.8 Å². The van der Waals surface area contributed by atoms with Gasteiger partial charge in [-0.15, -0.1) is 11.3 Å². The van der Waals surface area contributed by atoms with E-state index in [9.17, 15) is 15.2 Å². The zero-order valence-corrected chi connectivity index (χ0v) is 12.2. The van der Waals surface area contributed by atoms with Crippen LogP contribution < -0.4 is 4.90 Å². The molecule has 1 aromatic rings. The van der Waals surface area contributed by atoms with Crippen LogP contribution in [0.15, 0.2) is 6.07 Å². The van der Waals surface area contributed by atoms with Gasteiger partial charge in [0.1, 0.15) is 0 Å². The third-order valence-electron chi connectivity index (χ3n) is 2.76. The van der Waals surface area contributed by atoms with Crippen LogP contribution in [0.3, 0.4) is 0 Å². The van der Waals surface area contributed by atoms with Crippen LogP contribution in [0.2, 0.25) is 0 Å². The van der Waals surface area contributed by atoms with Gasteiger partial charge >= 0.3 is 5.69 Å². The van der Waals surface area contributed by atoms with Gasteiger partial charge in [-0.3, -0.25) is 10.1 Å². The van der Waals surface area contributed by atoms with Crippen molar-refractivity contribution in [1.29, 1.82) is 0 Å². The van der Waals surface area contributed by atoms with Crippen molar-refractivity contribution in [2.45, 2.75) is 39.3 Å². The third kappa shape index (κ3) is 3.89. The Bertz CT molecular complexity index is 431. The summed E-state index contributed by atoms with van der Waals surface area (Å²) < 4.78 is 0. The van der Waals surface area contributed by atoms with Crippen LogP contribution >= 0.6 is 11.3 Å². The molecule has 0 radical (unpaired) electrons. The zero-order chi connectivity index (χ0) is 14.6. The highest BCUT2D eigenvalue weighted by Gasteiger charge is 2.26. The lowest BCUT2D eigenvalue weighted by Gasteiger charge is -2.26. The molecule has 0 aliphatic carbocycles. The van der Waals surface area contributed by atoms with Crippen LogP contribution in [0.1, 0.15) is 38.2 Å². The number of nitro groups is 1. The van der Waals surface area contributed by atoms with E-state index >= 15 is 0 Å². The van der Waals surface area contributed by atoms with Gasteiger partial charge in [0, 0.05) is 30.1 Å². The first-order valence-electron chi connectivity index (χ1n) is 6.22.